The largest absolute Gasteiger partial charge is 0.456 e. The van der Waals surface area contributed by atoms with Gasteiger partial charge >= 0.3 is 0 Å². The molecule has 0 bridgehead atoms. The Bertz CT molecular complexity index is 2990. The maximum absolute atomic E-state index is 6.16. The fourth-order valence-electron chi connectivity index (χ4n) is 8.39. The summed E-state index contributed by atoms with van der Waals surface area (Å²) in [5.41, 5.74) is 14.2. The van der Waals surface area contributed by atoms with Gasteiger partial charge < -0.3 is 4.42 Å². The van der Waals surface area contributed by atoms with Gasteiger partial charge in [-0.1, -0.05) is 133 Å². The molecule has 0 saturated heterocycles. The molecule has 0 aliphatic heterocycles. The van der Waals surface area contributed by atoms with E-state index >= 15 is 0 Å². The monoisotopic (exact) mass is 620 g/mol. The highest BCUT2D eigenvalue weighted by Crippen LogP contribution is 2.51. The molecule has 1 heterocycles. The Morgan fingerprint density at radius 3 is 1.20 bits per heavy atom. The highest BCUT2D eigenvalue weighted by Gasteiger charge is 2.24. The molecule has 10 aromatic rings. The van der Waals surface area contributed by atoms with Crippen molar-refractivity contribution < 1.29 is 4.42 Å². The van der Waals surface area contributed by atoms with Gasteiger partial charge in [-0.2, -0.15) is 0 Å². The minimum Gasteiger partial charge on any atom is -0.456 e. The third kappa shape index (κ3) is 3.82. The summed E-state index contributed by atoms with van der Waals surface area (Å²) in [4.78, 5) is 0. The van der Waals surface area contributed by atoms with Crippen LogP contribution in [-0.2, 0) is 0 Å². The summed E-state index contributed by atoms with van der Waals surface area (Å²) in [6.45, 7) is 0. The molecule has 0 radical (unpaired) electrons. The third-order valence-electron chi connectivity index (χ3n) is 10.6. The molecule has 9 aromatic carbocycles. The van der Waals surface area contributed by atoms with E-state index in [1.165, 1.54) is 88.0 Å². The van der Waals surface area contributed by atoms with E-state index in [0.29, 0.717) is 0 Å². The van der Waals surface area contributed by atoms with Gasteiger partial charge in [0.1, 0.15) is 11.2 Å². The van der Waals surface area contributed by atoms with Crippen LogP contribution in [0.5, 0.6) is 0 Å². The summed E-state index contributed by atoms with van der Waals surface area (Å²) in [7, 11) is 0. The Morgan fingerprint density at radius 2 is 0.612 bits per heavy atom. The van der Waals surface area contributed by atoms with E-state index in [2.05, 4.69) is 158 Å². The van der Waals surface area contributed by atoms with Gasteiger partial charge in [-0.15, -0.1) is 0 Å². The minimum atomic E-state index is 0.916. The summed E-state index contributed by atoms with van der Waals surface area (Å²) in [6, 6.07) is 62.4. The van der Waals surface area contributed by atoms with Gasteiger partial charge in [-0.3, -0.25) is 0 Å². The summed E-state index contributed by atoms with van der Waals surface area (Å²) >= 11 is 0. The lowest BCUT2D eigenvalue weighted by Crippen LogP contribution is -1.98. The first-order valence-electron chi connectivity index (χ1n) is 16.9. The average molecular weight is 621 g/mol. The van der Waals surface area contributed by atoms with Gasteiger partial charge in [0, 0.05) is 10.8 Å². The van der Waals surface area contributed by atoms with Gasteiger partial charge in [-0.25, -0.2) is 0 Å². The second-order valence-corrected chi connectivity index (χ2v) is 13.2. The number of benzene rings is 9. The maximum atomic E-state index is 6.16. The van der Waals surface area contributed by atoms with Crippen molar-refractivity contribution in [1.29, 1.82) is 0 Å². The van der Waals surface area contributed by atoms with E-state index in [-0.39, 0.29) is 0 Å². The SMILES string of the molecule is c1ccc2c(c1)-c1ccc(-c3ccc4oc5ccccc5c4c3)cc1-c1ccccc1-c1cc3c4ccccc4c4ccccc4c3cc1-2. The lowest BCUT2D eigenvalue weighted by atomic mass is 9.78. The van der Waals surface area contributed by atoms with Crippen LogP contribution in [0, 0.1) is 0 Å². The topological polar surface area (TPSA) is 13.1 Å². The highest BCUT2D eigenvalue weighted by molar-refractivity contribution is 6.27. The smallest absolute Gasteiger partial charge is 0.135 e. The molecule has 0 unspecified atom stereocenters. The molecular weight excluding hydrogens is 593 g/mol. The lowest BCUT2D eigenvalue weighted by molar-refractivity contribution is 0.669. The quantitative estimate of drug-likeness (QED) is 0.166. The molecule has 1 aliphatic rings. The number of rotatable bonds is 1. The third-order valence-corrected chi connectivity index (χ3v) is 10.6. The first-order valence-corrected chi connectivity index (χ1v) is 16.9. The van der Waals surface area contributed by atoms with Crippen molar-refractivity contribution in [3.8, 4) is 55.6 Å². The highest BCUT2D eigenvalue weighted by atomic mass is 16.3. The molecule has 0 N–H and O–H groups in total. The van der Waals surface area contributed by atoms with E-state index in [4.69, 9.17) is 4.42 Å². The summed E-state index contributed by atoms with van der Waals surface area (Å²) in [6.07, 6.45) is 0. The number of furan rings is 1. The molecule has 0 fully saturated rings. The Balaban J connectivity index is 1.22. The fourth-order valence-corrected chi connectivity index (χ4v) is 8.39. The first kappa shape index (κ1) is 26.6. The normalized spacial score (nSPS) is 12.1. The van der Waals surface area contributed by atoms with Crippen LogP contribution >= 0.6 is 0 Å². The van der Waals surface area contributed by atoms with Gasteiger partial charge in [-0.05, 0) is 124 Å². The van der Waals surface area contributed by atoms with Gasteiger partial charge in [0.15, 0.2) is 0 Å². The van der Waals surface area contributed by atoms with E-state index < -0.39 is 0 Å². The van der Waals surface area contributed by atoms with Crippen LogP contribution in [0.2, 0.25) is 0 Å². The molecule has 1 aliphatic carbocycles. The first-order chi connectivity index (χ1) is 24.3. The lowest BCUT2D eigenvalue weighted by Gasteiger charge is -2.25. The Kier molecular flexibility index (Phi) is 5.45. The van der Waals surface area contributed by atoms with Crippen LogP contribution in [0.4, 0.5) is 0 Å². The number of fused-ring (bicyclic) bond motifs is 17. The van der Waals surface area contributed by atoms with Crippen molar-refractivity contribution in [2.24, 2.45) is 0 Å². The van der Waals surface area contributed by atoms with Crippen molar-refractivity contribution in [2.45, 2.75) is 0 Å². The zero-order chi connectivity index (χ0) is 32.1. The molecule has 1 nitrogen and oxygen atoms in total. The van der Waals surface area contributed by atoms with Crippen molar-refractivity contribution in [3.63, 3.8) is 0 Å². The standard InChI is InChI=1S/C48H28O/c1-4-14-34-31(11-1)32-12-2-5-15-35(32)43-28-45-38-18-8-7-17-37(38)41-25-29(30-22-24-48-46(26-30)40-19-9-10-20-47(40)49-48)21-23-39(41)33-13-3-6-16-36(33)44(45)27-42(34)43/h1-28H. The minimum absolute atomic E-state index is 0.916. The Labute approximate surface area is 283 Å². The van der Waals surface area contributed by atoms with Crippen LogP contribution in [0.25, 0.3) is 110 Å². The number of hydrogen-bond acceptors (Lipinski definition) is 1. The van der Waals surface area contributed by atoms with Crippen LogP contribution in [0.1, 0.15) is 0 Å². The Hall–Kier alpha value is -6.44. The van der Waals surface area contributed by atoms with E-state index in [0.717, 1.165) is 21.9 Å². The molecule has 1 heteroatoms. The molecule has 1 aromatic heterocycles. The van der Waals surface area contributed by atoms with Crippen LogP contribution in [-0.4, -0.2) is 0 Å². The summed E-state index contributed by atoms with van der Waals surface area (Å²) in [5, 5.41) is 10.0. The predicted octanol–water partition coefficient (Wildman–Crippen LogP) is 13.7. The number of hydrogen-bond donors (Lipinski definition) is 0. The van der Waals surface area contributed by atoms with Crippen molar-refractivity contribution >= 4 is 54.3 Å². The van der Waals surface area contributed by atoms with E-state index in [9.17, 15) is 0 Å². The molecule has 11 rings (SSSR count). The van der Waals surface area contributed by atoms with Crippen molar-refractivity contribution in [3.05, 3.63) is 170 Å². The predicted molar refractivity (Wildman–Crippen MR) is 207 cm³/mol. The van der Waals surface area contributed by atoms with Gasteiger partial charge in [0.2, 0.25) is 0 Å². The van der Waals surface area contributed by atoms with Crippen LogP contribution in [0.15, 0.2) is 174 Å². The Morgan fingerprint density at radius 1 is 0.224 bits per heavy atom. The molecule has 49 heavy (non-hydrogen) atoms. The van der Waals surface area contributed by atoms with E-state index in [1.54, 1.807) is 0 Å². The van der Waals surface area contributed by atoms with Gasteiger partial charge in [0.25, 0.3) is 0 Å². The van der Waals surface area contributed by atoms with Crippen LogP contribution < -0.4 is 0 Å². The second-order valence-electron chi connectivity index (χ2n) is 13.2. The molecule has 0 amide bonds. The maximum Gasteiger partial charge on any atom is 0.135 e. The zero-order valence-electron chi connectivity index (χ0n) is 26.6. The summed E-state index contributed by atoms with van der Waals surface area (Å²) in [5.74, 6) is 0. The summed E-state index contributed by atoms with van der Waals surface area (Å²) < 4.78 is 6.16. The molecule has 0 spiro atoms. The van der Waals surface area contributed by atoms with Crippen LogP contribution in [0.3, 0.4) is 0 Å². The molecule has 0 saturated carbocycles. The zero-order valence-corrected chi connectivity index (χ0v) is 26.6. The fraction of sp³-hybridized carbons (Fsp3) is 0. The second kappa shape index (κ2) is 10.0. The van der Waals surface area contributed by atoms with Crippen molar-refractivity contribution in [2.75, 3.05) is 0 Å². The number of para-hydroxylation sites is 1. The van der Waals surface area contributed by atoms with Crippen molar-refractivity contribution in [1.82, 2.24) is 0 Å². The van der Waals surface area contributed by atoms with E-state index in [1.807, 2.05) is 12.1 Å². The van der Waals surface area contributed by atoms with Gasteiger partial charge in [0.05, 0.1) is 0 Å². The average Bonchev–Trinajstić information content (AvgIpc) is 3.55. The molecule has 0 atom stereocenters. The molecule has 226 valence electrons. The molecular formula is C48H28O.